The number of morpholine rings is 1. The van der Waals surface area contributed by atoms with Gasteiger partial charge in [0.25, 0.3) is 5.91 Å². The van der Waals surface area contributed by atoms with Crippen LogP contribution < -0.4 is 10.6 Å². The molecule has 9 nitrogen and oxygen atoms in total. The van der Waals surface area contributed by atoms with Crippen molar-refractivity contribution in [2.24, 2.45) is 11.8 Å². The van der Waals surface area contributed by atoms with Crippen LogP contribution in [0.4, 0.5) is 0 Å². The van der Waals surface area contributed by atoms with Gasteiger partial charge in [0.15, 0.2) is 5.78 Å². The molecule has 2 fully saturated rings. The Hall–Kier alpha value is -2.49. The highest BCUT2D eigenvalue weighted by Gasteiger charge is 2.33. The highest BCUT2D eigenvalue weighted by molar-refractivity contribution is 5.99. The quantitative estimate of drug-likeness (QED) is 0.531. The Labute approximate surface area is 194 Å². The second kappa shape index (κ2) is 11.6. The average molecular weight is 462 g/mol. The molecule has 0 saturated carbocycles. The minimum Gasteiger partial charge on any atom is -0.508 e. The Bertz CT molecular complexity index is 853. The van der Waals surface area contributed by atoms with Crippen LogP contribution in [0.5, 0.6) is 5.75 Å². The molecule has 2 heterocycles. The molecule has 1 unspecified atom stereocenters. The number of nitrogens with one attached hydrogen (secondary N) is 2. The standard InChI is InChI=1S/C24H35N3O6/c1-15(2)10-19(24(31)26-22-16(3)13-33-14-21(22)29)25-23(30)17-4-5-20(28)18(11-17)12-27-6-8-32-9-7-27/h4-5,11,15-16,19,22,28H,6-10,12-14H2,1-3H3,(H,25,30)(H,26,31)/t16-,19?,22+/m1/s1. The van der Waals surface area contributed by atoms with Crippen molar-refractivity contribution in [3.63, 3.8) is 0 Å². The number of carbonyl (C=O) groups is 3. The number of phenolic OH excluding ortho intramolecular Hbond substituents is 1. The number of Topliss-reactive ketones (excluding diaryl/α,β-unsaturated/α-hetero) is 1. The van der Waals surface area contributed by atoms with E-state index in [1.807, 2.05) is 20.8 Å². The third-order valence-corrected chi connectivity index (χ3v) is 6.01. The zero-order chi connectivity index (χ0) is 24.0. The Kier molecular flexibility index (Phi) is 8.82. The predicted octanol–water partition coefficient (Wildman–Crippen LogP) is 1.09. The van der Waals surface area contributed by atoms with Crippen LogP contribution in [0.25, 0.3) is 0 Å². The molecule has 182 valence electrons. The van der Waals surface area contributed by atoms with Crippen molar-refractivity contribution in [2.75, 3.05) is 39.5 Å². The third kappa shape index (κ3) is 6.99. The van der Waals surface area contributed by atoms with Gasteiger partial charge in [-0.15, -0.1) is 0 Å². The fourth-order valence-corrected chi connectivity index (χ4v) is 4.12. The van der Waals surface area contributed by atoms with Crippen LogP contribution in [0.1, 0.15) is 43.1 Å². The van der Waals surface area contributed by atoms with Crippen LogP contribution in [0.15, 0.2) is 18.2 Å². The molecule has 0 bridgehead atoms. The second-order valence-electron chi connectivity index (χ2n) is 9.33. The molecule has 1 aromatic carbocycles. The number of aromatic hydroxyl groups is 1. The van der Waals surface area contributed by atoms with Gasteiger partial charge in [-0.25, -0.2) is 0 Å². The van der Waals surface area contributed by atoms with Crippen LogP contribution >= 0.6 is 0 Å². The summed E-state index contributed by atoms with van der Waals surface area (Å²) in [4.78, 5) is 40.4. The molecule has 3 atom stereocenters. The number of ketones is 1. The van der Waals surface area contributed by atoms with Gasteiger partial charge in [0.1, 0.15) is 18.4 Å². The summed E-state index contributed by atoms with van der Waals surface area (Å²) in [6.07, 6.45) is 0.433. The van der Waals surface area contributed by atoms with Gasteiger partial charge < -0.3 is 25.2 Å². The van der Waals surface area contributed by atoms with Gasteiger partial charge in [-0.05, 0) is 30.5 Å². The van der Waals surface area contributed by atoms with Gasteiger partial charge in [0.05, 0.1) is 25.9 Å². The fraction of sp³-hybridized carbons (Fsp3) is 0.625. The van der Waals surface area contributed by atoms with Gasteiger partial charge in [0.2, 0.25) is 5.91 Å². The number of hydrogen-bond donors (Lipinski definition) is 3. The summed E-state index contributed by atoms with van der Waals surface area (Å²) in [5.41, 5.74) is 1.02. The van der Waals surface area contributed by atoms with E-state index < -0.39 is 18.0 Å². The summed E-state index contributed by atoms with van der Waals surface area (Å²) in [7, 11) is 0. The molecule has 0 aromatic heterocycles. The third-order valence-electron chi connectivity index (χ3n) is 6.01. The highest BCUT2D eigenvalue weighted by atomic mass is 16.5. The van der Waals surface area contributed by atoms with E-state index in [9.17, 15) is 19.5 Å². The molecule has 2 saturated heterocycles. The maximum absolute atomic E-state index is 13.0. The van der Waals surface area contributed by atoms with Crippen LogP contribution in [0.3, 0.4) is 0 Å². The van der Waals surface area contributed by atoms with E-state index >= 15 is 0 Å². The Morgan fingerprint density at radius 1 is 1.21 bits per heavy atom. The van der Waals surface area contributed by atoms with Gasteiger partial charge >= 0.3 is 0 Å². The van der Waals surface area contributed by atoms with Crippen molar-refractivity contribution >= 4 is 17.6 Å². The van der Waals surface area contributed by atoms with Crippen molar-refractivity contribution in [3.8, 4) is 5.75 Å². The molecule has 2 aliphatic rings. The van der Waals surface area contributed by atoms with E-state index in [1.165, 1.54) is 6.07 Å². The summed E-state index contributed by atoms with van der Waals surface area (Å²) in [5.74, 6) is -0.794. The lowest BCUT2D eigenvalue weighted by molar-refractivity contribution is -0.137. The largest absolute Gasteiger partial charge is 0.508 e. The van der Waals surface area contributed by atoms with Crippen LogP contribution in [0, 0.1) is 11.8 Å². The first-order valence-electron chi connectivity index (χ1n) is 11.6. The lowest BCUT2D eigenvalue weighted by Gasteiger charge is -2.30. The summed E-state index contributed by atoms with van der Waals surface area (Å²) >= 11 is 0. The summed E-state index contributed by atoms with van der Waals surface area (Å²) < 4.78 is 10.6. The normalized spacial score (nSPS) is 22.7. The van der Waals surface area contributed by atoms with Crippen molar-refractivity contribution in [1.29, 1.82) is 0 Å². The van der Waals surface area contributed by atoms with E-state index in [1.54, 1.807) is 12.1 Å². The van der Waals surface area contributed by atoms with Crippen LogP contribution in [-0.4, -0.2) is 79.2 Å². The van der Waals surface area contributed by atoms with Crippen molar-refractivity contribution in [1.82, 2.24) is 15.5 Å². The molecule has 2 amide bonds. The van der Waals surface area contributed by atoms with Gasteiger partial charge in [0, 0.05) is 36.7 Å². The minimum atomic E-state index is -0.781. The van der Waals surface area contributed by atoms with Crippen molar-refractivity contribution in [3.05, 3.63) is 29.3 Å². The number of phenols is 1. The summed E-state index contributed by atoms with van der Waals surface area (Å²) in [5, 5.41) is 15.9. The Morgan fingerprint density at radius 3 is 2.61 bits per heavy atom. The van der Waals surface area contributed by atoms with E-state index in [4.69, 9.17) is 9.47 Å². The van der Waals surface area contributed by atoms with Crippen molar-refractivity contribution in [2.45, 2.75) is 45.8 Å². The molecular weight excluding hydrogens is 426 g/mol. The SMILES string of the molecule is CC(C)CC(NC(=O)c1ccc(O)c(CN2CCOCC2)c1)C(=O)N[C@@H]1C(=O)COC[C@H]1C. The highest BCUT2D eigenvalue weighted by Crippen LogP contribution is 2.21. The molecule has 9 heteroatoms. The number of ether oxygens (including phenoxy) is 2. The first-order chi connectivity index (χ1) is 15.7. The van der Waals surface area contributed by atoms with Crippen LogP contribution in [0.2, 0.25) is 0 Å². The Balaban J connectivity index is 1.69. The van der Waals surface area contributed by atoms with Crippen LogP contribution in [-0.2, 0) is 25.6 Å². The predicted molar refractivity (Wildman–Crippen MR) is 122 cm³/mol. The van der Waals surface area contributed by atoms with E-state index in [2.05, 4.69) is 15.5 Å². The lowest BCUT2D eigenvalue weighted by atomic mass is 9.95. The molecular formula is C24H35N3O6. The number of nitrogens with zero attached hydrogens (tertiary/aromatic N) is 1. The summed E-state index contributed by atoms with van der Waals surface area (Å²) in [6.45, 7) is 9.48. The van der Waals surface area contributed by atoms with Crippen molar-refractivity contribution < 1.29 is 29.0 Å². The number of hydrogen-bond acceptors (Lipinski definition) is 7. The Morgan fingerprint density at radius 2 is 1.94 bits per heavy atom. The molecule has 0 aliphatic carbocycles. The number of rotatable bonds is 8. The molecule has 3 N–H and O–H groups in total. The van der Waals surface area contributed by atoms with E-state index in [0.29, 0.717) is 43.9 Å². The molecule has 2 aliphatic heterocycles. The fourth-order valence-electron chi connectivity index (χ4n) is 4.12. The molecule has 3 rings (SSSR count). The zero-order valence-electron chi connectivity index (χ0n) is 19.6. The maximum Gasteiger partial charge on any atom is 0.251 e. The van der Waals surface area contributed by atoms with Gasteiger partial charge in [-0.2, -0.15) is 0 Å². The lowest BCUT2D eigenvalue weighted by Crippen LogP contribution is -2.56. The second-order valence-corrected chi connectivity index (χ2v) is 9.33. The van der Waals surface area contributed by atoms with E-state index in [-0.39, 0.29) is 35.9 Å². The van der Waals surface area contributed by atoms with Gasteiger partial charge in [-0.3, -0.25) is 19.3 Å². The zero-order valence-corrected chi connectivity index (χ0v) is 19.6. The first kappa shape index (κ1) is 25.1. The number of benzene rings is 1. The topological polar surface area (TPSA) is 117 Å². The molecule has 0 spiro atoms. The molecule has 1 aromatic rings. The molecule has 33 heavy (non-hydrogen) atoms. The number of carbonyl (C=O) groups excluding carboxylic acids is 3. The monoisotopic (exact) mass is 461 g/mol. The first-order valence-corrected chi connectivity index (χ1v) is 11.6. The summed E-state index contributed by atoms with van der Waals surface area (Å²) in [6, 6.07) is 3.31. The molecule has 0 radical (unpaired) electrons. The smallest absolute Gasteiger partial charge is 0.251 e. The van der Waals surface area contributed by atoms with E-state index in [0.717, 1.165) is 13.1 Å². The number of amides is 2. The minimum absolute atomic E-state index is 0.0179. The average Bonchev–Trinajstić information content (AvgIpc) is 2.77. The van der Waals surface area contributed by atoms with Gasteiger partial charge in [-0.1, -0.05) is 20.8 Å². The maximum atomic E-state index is 13.0.